The molecule has 3 aromatic carbocycles. The fourth-order valence-electron chi connectivity index (χ4n) is 7.02. The maximum absolute atomic E-state index is 15.0. The van der Waals surface area contributed by atoms with Crippen molar-refractivity contribution in [2.75, 3.05) is 46.8 Å². The number of carboxylic acid groups (broad SMARTS) is 3. The third kappa shape index (κ3) is 15.9. The minimum Gasteiger partial charge on any atom is -0.475 e. The molecule has 342 valence electrons. The number of fused-ring (bicyclic) bond motifs is 2. The molecule has 3 atom stereocenters. The molecule has 0 spiro atoms. The van der Waals surface area contributed by atoms with Gasteiger partial charge >= 0.3 is 36.4 Å². The van der Waals surface area contributed by atoms with E-state index in [1.165, 1.54) is 30.2 Å². The van der Waals surface area contributed by atoms with Crippen LogP contribution in [-0.2, 0) is 34.0 Å². The molecule has 2 unspecified atom stereocenters. The number of nitrogens with one attached hydrogen (secondary N) is 2. The van der Waals surface area contributed by atoms with E-state index in [4.69, 9.17) is 29.7 Å². The lowest BCUT2D eigenvalue weighted by Gasteiger charge is -2.38. The van der Waals surface area contributed by atoms with E-state index in [-0.39, 0.29) is 11.7 Å². The van der Waals surface area contributed by atoms with Crippen LogP contribution in [0.1, 0.15) is 40.4 Å². The zero-order chi connectivity index (χ0) is 46.8. The average molecular weight is 899 g/mol. The molecule has 1 amide bonds. The van der Waals surface area contributed by atoms with E-state index < -0.39 is 36.4 Å². The molecule has 0 aliphatic carbocycles. The van der Waals surface area contributed by atoms with Crippen LogP contribution in [0.3, 0.4) is 0 Å². The molecule has 3 aliphatic heterocycles. The van der Waals surface area contributed by atoms with E-state index in [9.17, 15) is 48.7 Å². The maximum atomic E-state index is 15.0. The second-order valence-electron chi connectivity index (χ2n) is 15.3. The third-order valence-corrected chi connectivity index (χ3v) is 10.1. The number of carboxylic acids is 3. The Balaban J connectivity index is 0.000000403. The lowest BCUT2D eigenvalue weighted by atomic mass is 10.00. The van der Waals surface area contributed by atoms with Gasteiger partial charge in [0.05, 0.1) is 33.2 Å². The van der Waals surface area contributed by atoms with Crippen LogP contribution in [0.2, 0.25) is 0 Å². The summed E-state index contributed by atoms with van der Waals surface area (Å²) in [4.78, 5) is 44.8. The number of alkyl halides is 9. The van der Waals surface area contributed by atoms with Gasteiger partial charge in [-0.15, -0.1) is 0 Å². The highest BCUT2D eigenvalue weighted by Crippen LogP contribution is 2.35. The second-order valence-corrected chi connectivity index (χ2v) is 15.3. The highest BCUT2D eigenvalue weighted by atomic mass is 19.4. The second kappa shape index (κ2) is 21.2. The molecule has 12 nitrogen and oxygen atoms in total. The van der Waals surface area contributed by atoms with Crippen molar-refractivity contribution in [3.63, 3.8) is 0 Å². The van der Waals surface area contributed by atoms with Gasteiger partial charge < -0.3 is 30.4 Å². The van der Waals surface area contributed by atoms with Crippen molar-refractivity contribution in [2.24, 2.45) is 0 Å². The van der Waals surface area contributed by atoms with Crippen molar-refractivity contribution in [1.82, 2.24) is 20.4 Å². The number of likely N-dealkylation sites (N-methyl/N-ethyl adjacent to an activating group) is 1. The Morgan fingerprint density at radius 1 is 0.758 bits per heavy atom. The molecule has 3 aliphatic rings. The van der Waals surface area contributed by atoms with Gasteiger partial charge in [0, 0.05) is 62.9 Å². The monoisotopic (exact) mass is 898 g/mol. The number of likely N-dealkylation sites (tertiary alicyclic amines) is 2. The summed E-state index contributed by atoms with van der Waals surface area (Å²) in [6.07, 6.45) is -14.0. The van der Waals surface area contributed by atoms with Gasteiger partial charge in [-0.25, -0.2) is 18.8 Å². The van der Waals surface area contributed by atoms with Crippen molar-refractivity contribution in [3.05, 3.63) is 94.8 Å². The third-order valence-electron chi connectivity index (χ3n) is 10.1. The first kappa shape index (κ1) is 51.0. The number of halogens is 10. The fraction of sp³-hybridized carbons (Fsp3) is 0.450. The van der Waals surface area contributed by atoms with Crippen molar-refractivity contribution < 1.29 is 82.9 Å². The highest BCUT2D eigenvalue weighted by molar-refractivity contribution is 5.94. The molecule has 0 aromatic heterocycles. The van der Waals surface area contributed by atoms with Gasteiger partial charge in [0.1, 0.15) is 11.9 Å². The van der Waals surface area contributed by atoms with Crippen LogP contribution in [0.4, 0.5) is 43.9 Å². The minimum absolute atomic E-state index is 0.106. The number of benzene rings is 3. The Hall–Kier alpha value is -5.32. The van der Waals surface area contributed by atoms with Crippen LogP contribution in [0.5, 0.6) is 0 Å². The normalized spacial score (nSPS) is 19.7. The molecule has 3 heterocycles. The number of aliphatic carboxylic acids is 3. The Labute approximate surface area is 349 Å². The SMILES string of the molecule is C[C@H]1CN(Cc2cccc(-c3cc(CNC(=O)c4cccc(CN5CC6CC5C[N+]6(C)C)c4)ccc3F)c2)CCN1.O=C(O)C(F)(F)F.O=C(O)C(F)(F)F.O=C(O)C(F)(F)F. The summed E-state index contributed by atoms with van der Waals surface area (Å²) in [6.45, 7) is 9.62. The summed E-state index contributed by atoms with van der Waals surface area (Å²) in [6, 6.07) is 23.1. The van der Waals surface area contributed by atoms with Crippen LogP contribution >= 0.6 is 0 Å². The van der Waals surface area contributed by atoms with Crippen LogP contribution in [0.25, 0.3) is 11.1 Å². The predicted octanol–water partition coefficient (Wildman–Crippen LogP) is 6.15. The minimum atomic E-state index is -5.08. The molecule has 0 saturated carbocycles. The maximum Gasteiger partial charge on any atom is 0.490 e. The van der Waals surface area contributed by atoms with Crippen LogP contribution in [0.15, 0.2) is 66.7 Å². The van der Waals surface area contributed by atoms with Crippen LogP contribution < -0.4 is 10.6 Å². The van der Waals surface area contributed by atoms with Gasteiger partial charge in [-0.05, 0) is 59.5 Å². The van der Waals surface area contributed by atoms with Crippen molar-refractivity contribution in [3.8, 4) is 11.1 Å². The number of carbonyl (C=O) groups excluding carboxylic acids is 1. The predicted molar refractivity (Wildman–Crippen MR) is 203 cm³/mol. The fourth-order valence-corrected chi connectivity index (χ4v) is 7.02. The molecular weight excluding hydrogens is 852 g/mol. The molecule has 3 aromatic rings. The summed E-state index contributed by atoms with van der Waals surface area (Å²) in [5.74, 6) is -8.63. The average Bonchev–Trinajstić information content (AvgIpc) is 3.70. The van der Waals surface area contributed by atoms with Gasteiger partial charge in [-0.3, -0.25) is 14.6 Å². The number of nitrogens with zero attached hydrogens (tertiary/aromatic N) is 3. The first-order chi connectivity index (χ1) is 28.6. The number of hydrogen-bond acceptors (Lipinski definition) is 7. The summed E-state index contributed by atoms with van der Waals surface area (Å²) < 4.78 is 111. The summed E-state index contributed by atoms with van der Waals surface area (Å²) in [5.41, 5.74) is 5.33. The Kier molecular flexibility index (Phi) is 17.4. The molecule has 5 N–H and O–H groups in total. The Bertz CT molecular complexity index is 1970. The molecule has 6 rings (SSSR count). The first-order valence-electron chi connectivity index (χ1n) is 18.7. The van der Waals surface area contributed by atoms with Crippen molar-refractivity contribution in [2.45, 2.75) is 69.6 Å². The van der Waals surface area contributed by atoms with Gasteiger partial charge in [0.2, 0.25) is 0 Å². The van der Waals surface area contributed by atoms with Crippen molar-refractivity contribution >= 4 is 23.8 Å². The largest absolute Gasteiger partial charge is 0.490 e. The zero-order valence-corrected chi connectivity index (χ0v) is 33.5. The Morgan fingerprint density at radius 2 is 1.31 bits per heavy atom. The van der Waals surface area contributed by atoms with Gasteiger partial charge in [-0.2, -0.15) is 39.5 Å². The number of hydrogen-bond donors (Lipinski definition) is 5. The van der Waals surface area contributed by atoms with E-state index in [0.29, 0.717) is 35.8 Å². The van der Waals surface area contributed by atoms with Crippen molar-refractivity contribution in [1.29, 1.82) is 0 Å². The summed E-state index contributed by atoms with van der Waals surface area (Å²) in [5, 5.41) is 27.9. The topological polar surface area (TPSA) is 160 Å². The van der Waals surface area contributed by atoms with E-state index in [1.54, 1.807) is 6.07 Å². The van der Waals surface area contributed by atoms with E-state index in [0.717, 1.165) is 54.9 Å². The smallest absolute Gasteiger partial charge is 0.475 e. The number of rotatable bonds is 8. The summed E-state index contributed by atoms with van der Waals surface area (Å²) >= 11 is 0. The molecule has 3 saturated heterocycles. The summed E-state index contributed by atoms with van der Waals surface area (Å²) in [7, 11) is 4.67. The van der Waals surface area contributed by atoms with Gasteiger partial charge in [-0.1, -0.05) is 36.4 Å². The quantitative estimate of drug-likeness (QED) is 0.131. The van der Waals surface area contributed by atoms with Crippen LogP contribution in [0, 0.1) is 5.82 Å². The lowest BCUT2D eigenvalue weighted by molar-refractivity contribution is -0.906. The first-order valence-corrected chi connectivity index (χ1v) is 18.7. The Morgan fingerprint density at radius 3 is 1.81 bits per heavy atom. The standard InChI is InChI=1S/C34H42FN5O.3C2HF3O2/c1-24-19-38(13-12-36-24)20-26-6-4-8-28(14-26)32-16-25(10-11-33(32)35)18-37-34(41)29-9-5-7-27(15-29)21-39-22-31-17-30(39)23-40(31,2)3;3*3-2(4,5)1(6)7/h4-11,14-16,24,30-31,36H,12-13,17-23H2,1-3H3;3*(H,6,7)/p+1/t24-,30?,31?;;;/m0.../s1. The number of quaternary nitrogens is 1. The van der Waals surface area contributed by atoms with E-state index >= 15 is 0 Å². The molecular formula is C40H46F10N5O7+. The molecule has 62 heavy (non-hydrogen) atoms. The number of amides is 1. The van der Waals surface area contributed by atoms with E-state index in [2.05, 4.69) is 59.7 Å². The molecule has 22 heteroatoms. The molecule has 0 radical (unpaired) electrons. The van der Waals surface area contributed by atoms with E-state index in [1.807, 2.05) is 36.4 Å². The number of carbonyl (C=O) groups is 4. The number of piperazine rings is 2. The van der Waals surface area contributed by atoms with Gasteiger partial charge in [0.15, 0.2) is 0 Å². The zero-order valence-electron chi connectivity index (χ0n) is 33.5. The highest BCUT2D eigenvalue weighted by Gasteiger charge is 2.50. The van der Waals surface area contributed by atoms with Gasteiger partial charge in [0.25, 0.3) is 5.91 Å². The van der Waals surface area contributed by atoms with Crippen LogP contribution in [-0.4, -0.2) is 137 Å². The molecule has 2 bridgehead atoms. The lowest BCUT2D eigenvalue weighted by Crippen LogP contribution is -2.54. The molecule has 3 fully saturated rings.